The van der Waals surface area contributed by atoms with Gasteiger partial charge in [0.2, 0.25) is 0 Å². The Bertz CT molecular complexity index is 1180. The predicted molar refractivity (Wildman–Crippen MR) is 101 cm³/mol. The summed E-state index contributed by atoms with van der Waals surface area (Å²) in [5, 5.41) is 9.31. The lowest BCUT2D eigenvalue weighted by atomic mass is 10.2. The molecule has 0 fully saturated rings. The van der Waals surface area contributed by atoms with Crippen LogP contribution in [-0.2, 0) is 6.54 Å². The SMILES string of the molecule is Cc1ccc(-n2nnc3c(=O)n(Cc4cccc(Cl)c4)cnc32)cc1Cl. The molecule has 0 unspecified atom stereocenters. The van der Waals surface area contributed by atoms with Crippen molar-refractivity contribution in [2.75, 3.05) is 0 Å². The Balaban J connectivity index is 1.78. The second kappa shape index (κ2) is 6.55. The average molecular weight is 386 g/mol. The molecule has 0 saturated heterocycles. The molecule has 130 valence electrons. The Morgan fingerprint density at radius 2 is 1.96 bits per heavy atom. The topological polar surface area (TPSA) is 65.6 Å². The maximum absolute atomic E-state index is 12.7. The van der Waals surface area contributed by atoms with Crippen LogP contribution in [0.5, 0.6) is 0 Å². The summed E-state index contributed by atoms with van der Waals surface area (Å²) < 4.78 is 2.99. The zero-order valence-electron chi connectivity index (χ0n) is 13.7. The third-order valence-corrected chi connectivity index (χ3v) is 4.71. The minimum absolute atomic E-state index is 0.200. The molecule has 0 bridgehead atoms. The third-order valence-electron chi connectivity index (χ3n) is 4.07. The Labute approximate surface area is 158 Å². The van der Waals surface area contributed by atoms with Gasteiger partial charge in [-0.3, -0.25) is 9.36 Å². The van der Waals surface area contributed by atoms with Crippen LogP contribution in [0.1, 0.15) is 11.1 Å². The second-order valence-corrected chi connectivity index (χ2v) is 6.76. The number of aryl methyl sites for hydroxylation is 1. The Morgan fingerprint density at radius 3 is 2.73 bits per heavy atom. The Morgan fingerprint density at radius 1 is 1.12 bits per heavy atom. The average Bonchev–Trinajstić information content (AvgIpc) is 3.05. The summed E-state index contributed by atoms with van der Waals surface area (Å²) in [6, 6.07) is 12.8. The minimum atomic E-state index is -0.264. The van der Waals surface area contributed by atoms with Gasteiger partial charge in [0.15, 0.2) is 11.2 Å². The number of halogens is 2. The first-order valence-electron chi connectivity index (χ1n) is 7.85. The molecule has 0 aliphatic heterocycles. The zero-order valence-corrected chi connectivity index (χ0v) is 15.2. The number of rotatable bonds is 3. The first-order valence-corrected chi connectivity index (χ1v) is 8.60. The van der Waals surface area contributed by atoms with E-state index in [9.17, 15) is 4.79 Å². The molecule has 0 spiro atoms. The lowest BCUT2D eigenvalue weighted by Crippen LogP contribution is -2.21. The fraction of sp³-hybridized carbons (Fsp3) is 0.111. The number of aromatic nitrogens is 5. The van der Waals surface area contributed by atoms with Crippen LogP contribution < -0.4 is 5.56 Å². The molecule has 4 aromatic rings. The summed E-state index contributed by atoms with van der Waals surface area (Å²) in [5.41, 5.74) is 2.88. The molecule has 26 heavy (non-hydrogen) atoms. The molecule has 6 nitrogen and oxygen atoms in total. The van der Waals surface area contributed by atoms with E-state index in [0.717, 1.165) is 11.1 Å². The molecule has 0 N–H and O–H groups in total. The van der Waals surface area contributed by atoms with Gasteiger partial charge in [0.1, 0.15) is 6.33 Å². The van der Waals surface area contributed by atoms with Crippen molar-refractivity contribution in [1.29, 1.82) is 0 Å². The van der Waals surface area contributed by atoms with Crippen LogP contribution in [0.3, 0.4) is 0 Å². The third kappa shape index (κ3) is 2.98. The van der Waals surface area contributed by atoms with Crippen LogP contribution in [0.2, 0.25) is 10.0 Å². The lowest BCUT2D eigenvalue weighted by molar-refractivity contribution is 0.745. The number of fused-ring (bicyclic) bond motifs is 1. The summed E-state index contributed by atoms with van der Waals surface area (Å²) in [6.07, 6.45) is 1.49. The number of nitrogens with zero attached hydrogens (tertiary/aromatic N) is 5. The standard InChI is InChI=1S/C18H13Cl2N5O/c1-11-5-6-14(8-15(11)20)25-17-16(22-23-25)18(26)24(10-21-17)9-12-3-2-4-13(19)7-12/h2-8,10H,9H2,1H3. The Kier molecular flexibility index (Phi) is 4.22. The molecule has 4 rings (SSSR count). The van der Waals surface area contributed by atoms with Gasteiger partial charge in [-0.05, 0) is 42.3 Å². The molecular formula is C18H13Cl2N5O. The fourth-order valence-electron chi connectivity index (χ4n) is 2.68. The Hall–Kier alpha value is -2.70. The van der Waals surface area contributed by atoms with E-state index in [2.05, 4.69) is 15.3 Å². The van der Waals surface area contributed by atoms with E-state index in [1.54, 1.807) is 12.1 Å². The van der Waals surface area contributed by atoms with Gasteiger partial charge in [0, 0.05) is 10.0 Å². The summed E-state index contributed by atoms with van der Waals surface area (Å²) >= 11 is 12.2. The quantitative estimate of drug-likeness (QED) is 0.539. The molecule has 2 aromatic carbocycles. The highest BCUT2D eigenvalue weighted by atomic mass is 35.5. The van der Waals surface area contributed by atoms with Crippen LogP contribution in [0.25, 0.3) is 16.9 Å². The first-order chi connectivity index (χ1) is 12.5. The van der Waals surface area contributed by atoms with Crippen molar-refractivity contribution in [2.24, 2.45) is 0 Å². The van der Waals surface area contributed by atoms with Crippen molar-refractivity contribution in [3.05, 3.63) is 80.3 Å². The van der Waals surface area contributed by atoms with Crippen LogP contribution in [0, 0.1) is 6.92 Å². The molecule has 0 radical (unpaired) electrons. The molecule has 2 heterocycles. The van der Waals surface area contributed by atoms with E-state index >= 15 is 0 Å². The molecule has 0 saturated carbocycles. The van der Waals surface area contributed by atoms with E-state index in [-0.39, 0.29) is 11.1 Å². The van der Waals surface area contributed by atoms with Crippen molar-refractivity contribution in [3.8, 4) is 5.69 Å². The van der Waals surface area contributed by atoms with Crippen LogP contribution >= 0.6 is 23.2 Å². The molecule has 8 heteroatoms. The summed E-state index contributed by atoms with van der Waals surface area (Å²) in [4.78, 5) is 17.1. The van der Waals surface area contributed by atoms with Gasteiger partial charge in [0.25, 0.3) is 5.56 Å². The number of hydrogen-bond acceptors (Lipinski definition) is 4. The van der Waals surface area contributed by atoms with E-state index < -0.39 is 0 Å². The summed E-state index contributed by atoms with van der Waals surface area (Å²) in [7, 11) is 0. The lowest BCUT2D eigenvalue weighted by Gasteiger charge is -2.06. The van der Waals surface area contributed by atoms with Crippen molar-refractivity contribution < 1.29 is 0 Å². The van der Waals surface area contributed by atoms with Gasteiger partial charge < -0.3 is 0 Å². The van der Waals surface area contributed by atoms with Crippen LogP contribution in [-0.4, -0.2) is 24.5 Å². The minimum Gasteiger partial charge on any atom is -0.293 e. The van der Waals surface area contributed by atoms with Gasteiger partial charge in [-0.15, -0.1) is 5.10 Å². The highest BCUT2D eigenvalue weighted by Crippen LogP contribution is 2.20. The van der Waals surface area contributed by atoms with Gasteiger partial charge in [-0.25, -0.2) is 4.98 Å². The van der Waals surface area contributed by atoms with E-state index in [1.807, 2.05) is 37.3 Å². The normalized spacial score (nSPS) is 11.2. The van der Waals surface area contributed by atoms with Crippen LogP contribution in [0.15, 0.2) is 53.6 Å². The molecule has 0 aliphatic rings. The van der Waals surface area contributed by atoms with Gasteiger partial charge in [0.05, 0.1) is 12.2 Å². The van der Waals surface area contributed by atoms with Crippen molar-refractivity contribution in [2.45, 2.75) is 13.5 Å². The van der Waals surface area contributed by atoms with Crippen LogP contribution in [0.4, 0.5) is 0 Å². The molecule has 2 aromatic heterocycles. The first kappa shape index (κ1) is 16.8. The van der Waals surface area contributed by atoms with Crippen molar-refractivity contribution in [1.82, 2.24) is 24.5 Å². The highest BCUT2D eigenvalue weighted by molar-refractivity contribution is 6.31. The maximum atomic E-state index is 12.7. The molecule has 0 aliphatic carbocycles. The van der Waals surface area contributed by atoms with Crippen molar-refractivity contribution in [3.63, 3.8) is 0 Å². The molecule has 0 amide bonds. The van der Waals surface area contributed by atoms with E-state index in [4.69, 9.17) is 23.2 Å². The predicted octanol–water partition coefficient (Wildman–Crippen LogP) is 3.64. The smallest absolute Gasteiger partial charge is 0.283 e. The number of hydrogen-bond donors (Lipinski definition) is 0. The van der Waals surface area contributed by atoms with E-state index in [0.29, 0.717) is 27.9 Å². The van der Waals surface area contributed by atoms with Gasteiger partial charge in [-0.1, -0.05) is 46.6 Å². The fourth-order valence-corrected chi connectivity index (χ4v) is 3.06. The summed E-state index contributed by atoms with van der Waals surface area (Å²) in [5.74, 6) is 0. The van der Waals surface area contributed by atoms with E-state index in [1.165, 1.54) is 15.6 Å². The zero-order chi connectivity index (χ0) is 18.3. The van der Waals surface area contributed by atoms with Crippen molar-refractivity contribution >= 4 is 34.4 Å². The van der Waals surface area contributed by atoms with Gasteiger partial charge >= 0.3 is 0 Å². The highest BCUT2D eigenvalue weighted by Gasteiger charge is 2.14. The molecule has 0 atom stereocenters. The largest absolute Gasteiger partial charge is 0.293 e. The molecular weight excluding hydrogens is 373 g/mol. The maximum Gasteiger partial charge on any atom is 0.283 e. The second-order valence-electron chi connectivity index (χ2n) is 5.91. The summed E-state index contributed by atoms with van der Waals surface area (Å²) in [6.45, 7) is 2.27. The van der Waals surface area contributed by atoms with Gasteiger partial charge in [-0.2, -0.15) is 4.68 Å². The monoisotopic (exact) mass is 385 g/mol. The number of benzene rings is 2.